The van der Waals surface area contributed by atoms with Crippen LogP contribution in [-0.4, -0.2) is 12.5 Å². The Labute approximate surface area is 132 Å². The van der Waals surface area contributed by atoms with E-state index in [1.165, 1.54) is 5.56 Å². The topological polar surface area (TPSA) is 41.1 Å². The summed E-state index contributed by atoms with van der Waals surface area (Å²) in [6.45, 7) is 5.01. The summed E-state index contributed by atoms with van der Waals surface area (Å²) in [5.74, 6) is -0.0221. The summed E-state index contributed by atoms with van der Waals surface area (Å²) in [7, 11) is 0. The highest BCUT2D eigenvalue weighted by Gasteiger charge is 2.19. The van der Waals surface area contributed by atoms with E-state index in [2.05, 4.69) is 17.6 Å². The van der Waals surface area contributed by atoms with Crippen molar-refractivity contribution in [2.75, 3.05) is 11.9 Å². The molecule has 0 heterocycles. The van der Waals surface area contributed by atoms with Gasteiger partial charge < -0.3 is 10.6 Å². The Hall–Kier alpha value is -2.13. The highest BCUT2D eigenvalue weighted by Crippen LogP contribution is 2.16. The van der Waals surface area contributed by atoms with Crippen molar-refractivity contribution in [3.05, 3.63) is 65.7 Å². The molecule has 0 unspecified atom stereocenters. The first kappa shape index (κ1) is 16.2. The molecule has 0 saturated carbocycles. The highest BCUT2D eigenvalue weighted by molar-refractivity contribution is 5.95. The lowest BCUT2D eigenvalue weighted by atomic mass is 10.1. The fourth-order valence-corrected chi connectivity index (χ4v) is 2.28. The van der Waals surface area contributed by atoms with Crippen molar-refractivity contribution in [3.8, 4) is 0 Å². The van der Waals surface area contributed by atoms with Gasteiger partial charge in [-0.15, -0.1) is 0 Å². The summed E-state index contributed by atoms with van der Waals surface area (Å²) in [6.07, 6.45) is 2.16. The Morgan fingerprint density at radius 2 is 1.73 bits per heavy atom. The van der Waals surface area contributed by atoms with E-state index in [4.69, 9.17) is 0 Å². The number of hydrogen-bond donors (Lipinski definition) is 2. The van der Waals surface area contributed by atoms with E-state index in [1.54, 1.807) is 0 Å². The third-order valence-corrected chi connectivity index (χ3v) is 3.59. The van der Waals surface area contributed by atoms with Crippen LogP contribution in [0.3, 0.4) is 0 Å². The molecule has 2 aromatic carbocycles. The van der Waals surface area contributed by atoms with Gasteiger partial charge in [0.05, 0.1) is 0 Å². The van der Waals surface area contributed by atoms with E-state index in [9.17, 15) is 4.79 Å². The van der Waals surface area contributed by atoms with E-state index in [-0.39, 0.29) is 11.9 Å². The second-order valence-electron chi connectivity index (χ2n) is 5.51. The molecule has 0 fully saturated rings. The molecule has 0 aliphatic heterocycles. The summed E-state index contributed by atoms with van der Waals surface area (Å²) < 4.78 is 0. The summed E-state index contributed by atoms with van der Waals surface area (Å²) in [6, 6.07) is 17.4. The predicted octanol–water partition coefficient (Wildman–Crippen LogP) is 4.06. The number of carbonyl (C=O) groups excluding carboxylic acids is 1. The lowest BCUT2D eigenvalue weighted by Gasteiger charge is -2.19. The Balaban J connectivity index is 2.09. The lowest BCUT2D eigenvalue weighted by molar-refractivity contribution is -0.118. The Kier molecular flexibility index (Phi) is 6.16. The molecule has 0 radical (unpaired) electrons. The van der Waals surface area contributed by atoms with E-state index < -0.39 is 0 Å². The third-order valence-electron chi connectivity index (χ3n) is 3.59. The minimum absolute atomic E-state index is 0.0221. The summed E-state index contributed by atoms with van der Waals surface area (Å²) in [5, 5.41) is 6.35. The van der Waals surface area contributed by atoms with Crippen molar-refractivity contribution in [1.82, 2.24) is 5.32 Å². The molecule has 0 aromatic heterocycles. The Morgan fingerprint density at radius 3 is 2.36 bits per heavy atom. The summed E-state index contributed by atoms with van der Waals surface area (Å²) in [5.41, 5.74) is 3.00. The Bertz CT molecular complexity index is 578. The molecule has 1 atom stereocenters. The number of hydrogen-bond acceptors (Lipinski definition) is 2. The molecule has 0 aliphatic carbocycles. The standard InChI is InChI=1S/C19H24N2O/c1-3-4-14-20-18(16-8-6-5-7-9-16)19(22)21-17-12-10-15(2)11-13-17/h5-13,18,20H,3-4,14H2,1-2H3,(H,21,22)/t18-/m0/s1. The zero-order chi connectivity index (χ0) is 15.8. The number of unbranched alkanes of at least 4 members (excludes halogenated alkanes) is 1. The fourth-order valence-electron chi connectivity index (χ4n) is 2.28. The molecule has 116 valence electrons. The minimum atomic E-state index is -0.325. The lowest BCUT2D eigenvalue weighted by Crippen LogP contribution is -2.33. The van der Waals surface area contributed by atoms with Crippen molar-refractivity contribution >= 4 is 11.6 Å². The fraction of sp³-hybridized carbons (Fsp3) is 0.316. The number of carbonyl (C=O) groups is 1. The summed E-state index contributed by atoms with van der Waals surface area (Å²) >= 11 is 0. The van der Waals surface area contributed by atoms with Crippen molar-refractivity contribution in [2.24, 2.45) is 0 Å². The molecule has 2 aromatic rings. The molecule has 0 bridgehead atoms. The van der Waals surface area contributed by atoms with Crippen LogP contribution < -0.4 is 10.6 Å². The minimum Gasteiger partial charge on any atom is -0.324 e. The van der Waals surface area contributed by atoms with Crippen LogP contribution in [0.15, 0.2) is 54.6 Å². The van der Waals surface area contributed by atoms with Gasteiger partial charge in [0.25, 0.3) is 0 Å². The first-order chi connectivity index (χ1) is 10.7. The van der Waals surface area contributed by atoms with Gasteiger partial charge in [0.2, 0.25) is 5.91 Å². The summed E-state index contributed by atoms with van der Waals surface area (Å²) in [4.78, 5) is 12.6. The molecule has 2 rings (SSSR count). The second kappa shape index (κ2) is 8.35. The van der Waals surface area contributed by atoms with Gasteiger partial charge in [0.15, 0.2) is 0 Å². The van der Waals surface area contributed by atoms with Crippen LogP contribution >= 0.6 is 0 Å². The van der Waals surface area contributed by atoms with Gasteiger partial charge >= 0.3 is 0 Å². The number of aryl methyl sites for hydroxylation is 1. The molecule has 2 N–H and O–H groups in total. The Morgan fingerprint density at radius 1 is 1.05 bits per heavy atom. The van der Waals surface area contributed by atoms with E-state index in [0.717, 1.165) is 30.6 Å². The molecular formula is C19H24N2O. The van der Waals surface area contributed by atoms with Gasteiger partial charge in [-0.05, 0) is 37.6 Å². The average Bonchev–Trinajstić information content (AvgIpc) is 2.54. The number of anilines is 1. The van der Waals surface area contributed by atoms with Gasteiger partial charge in [-0.25, -0.2) is 0 Å². The largest absolute Gasteiger partial charge is 0.324 e. The van der Waals surface area contributed by atoms with Crippen LogP contribution in [0.4, 0.5) is 5.69 Å². The zero-order valence-corrected chi connectivity index (χ0v) is 13.3. The molecule has 0 aliphatic rings. The number of benzene rings is 2. The van der Waals surface area contributed by atoms with Crippen LogP contribution in [0.25, 0.3) is 0 Å². The normalized spacial score (nSPS) is 11.9. The van der Waals surface area contributed by atoms with Crippen molar-refractivity contribution < 1.29 is 4.79 Å². The van der Waals surface area contributed by atoms with Crippen LogP contribution in [0, 0.1) is 6.92 Å². The van der Waals surface area contributed by atoms with E-state index in [0.29, 0.717) is 0 Å². The van der Waals surface area contributed by atoms with Crippen LogP contribution in [-0.2, 0) is 4.79 Å². The number of nitrogens with one attached hydrogen (secondary N) is 2. The molecule has 3 nitrogen and oxygen atoms in total. The second-order valence-corrected chi connectivity index (χ2v) is 5.51. The first-order valence-corrected chi connectivity index (χ1v) is 7.86. The molecule has 3 heteroatoms. The molecule has 22 heavy (non-hydrogen) atoms. The van der Waals surface area contributed by atoms with Gasteiger partial charge in [0.1, 0.15) is 6.04 Å². The van der Waals surface area contributed by atoms with E-state index >= 15 is 0 Å². The molecule has 0 spiro atoms. The maximum absolute atomic E-state index is 12.6. The van der Waals surface area contributed by atoms with Gasteiger partial charge in [-0.1, -0.05) is 61.4 Å². The van der Waals surface area contributed by atoms with E-state index in [1.807, 2.05) is 61.5 Å². The third kappa shape index (κ3) is 4.71. The zero-order valence-electron chi connectivity index (χ0n) is 13.3. The molecule has 0 saturated heterocycles. The average molecular weight is 296 g/mol. The van der Waals surface area contributed by atoms with Crippen molar-refractivity contribution in [1.29, 1.82) is 0 Å². The van der Waals surface area contributed by atoms with Gasteiger partial charge in [-0.3, -0.25) is 4.79 Å². The maximum atomic E-state index is 12.6. The van der Waals surface area contributed by atoms with Gasteiger partial charge in [0, 0.05) is 5.69 Å². The van der Waals surface area contributed by atoms with Crippen LogP contribution in [0.1, 0.15) is 36.9 Å². The predicted molar refractivity (Wildman–Crippen MR) is 91.9 cm³/mol. The SMILES string of the molecule is CCCCN[C@H](C(=O)Nc1ccc(C)cc1)c1ccccc1. The molecule has 1 amide bonds. The van der Waals surface area contributed by atoms with Crippen LogP contribution in [0.2, 0.25) is 0 Å². The monoisotopic (exact) mass is 296 g/mol. The van der Waals surface area contributed by atoms with Crippen molar-refractivity contribution in [2.45, 2.75) is 32.7 Å². The number of rotatable bonds is 7. The van der Waals surface area contributed by atoms with Gasteiger partial charge in [-0.2, -0.15) is 0 Å². The maximum Gasteiger partial charge on any atom is 0.246 e. The number of amides is 1. The van der Waals surface area contributed by atoms with Crippen LogP contribution in [0.5, 0.6) is 0 Å². The first-order valence-electron chi connectivity index (χ1n) is 7.86. The highest BCUT2D eigenvalue weighted by atomic mass is 16.2. The molecular weight excluding hydrogens is 272 g/mol. The smallest absolute Gasteiger partial charge is 0.246 e. The quantitative estimate of drug-likeness (QED) is 0.756. The van der Waals surface area contributed by atoms with Crippen molar-refractivity contribution in [3.63, 3.8) is 0 Å².